The second kappa shape index (κ2) is 7.67. The van der Waals surface area contributed by atoms with Gasteiger partial charge in [-0.15, -0.1) is 0 Å². The molecule has 168 valence electrons. The van der Waals surface area contributed by atoms with E-state index < -0.39 is 47.2 Å². The van der Waals surface area contributed by atoms with Gasteiger partial charge in [-0.3, -0.25) is 9.59 Å². The molecule has 2 N–H and O–H groups in total. The number of anilines is 2. The van der Waals surface area contributed by atoms with E-state index in [1.807, 2.05) is 27.7 Å². The molecular formula is C23H25BF2N2O4. The Kier molecular flexibility index (Phi) is 5.37. The Morgan fingerprint density at radius 3 is 1.84 bits per heavy atom. The van der Waals surface area contributed by atoms with Crippen LogP contribution in [0.2, 0.25) is 0 Å². The van der Waals surface area contributed by atoms with Gasteiger partial charge in [0, 0.05) is 16.8 Å². The third kappa shape index (κ3) is 4.02. The molecular weight excluding hydrogens is 417 g/mol. The molecule has 0 spiro atoms. The standard InChI is InChI=1S/C23H25BF2N2O4/c1-21(2)22(3,4)32-24(31-21)17-10-9-16(13-18(17)26)28-20(30)23(11-12-23)19(29)27-15-7-5-14(25)6-8-15/h5-10,13H,11-12H2,1-4H3,(H,27,29)(H,28,30). The van der Waals surface area contributed by atoms with Gasteiger partial charge in [-0.05, 0) is 76.9 Å². The third-order valence-electron chi connectivity index (χ3n) is 6.49. The maximum atomic E-state index is 14.8. The van der Waals surface area contributed by atoms with Crippen molar-refractivity contribution in [3.63, 3.8) is 0 Å². The van der Waals surface area contributed by atoms with E-state index in [9.17, 15) is 18.4 Å². The maximum absolute atomic E-state index is 14.8. The van der Waals surface area contributed by atoms with Crippen LogP contribution in [0.1, 0.15) is 40.5 Å². The van der Waals surface area contributed by atoms with E-state index in [0.717, 1.165) is 0 Å². The summed E-state index contributed by atoms with van der Waals surface area (Å²) in [5.41, 5.74) is -1.57. The SMILES string of the molecule is CC1(C)OB(c2ccc(NC(=O)C3(C(=O)Nc4ccc(F)cc4)CC3)cc2F)OC1(C)C. The number of carbonyl (C=O) groups is 2. The molecule has 0 atom stereocenters. The molecule has 0 unspecified atom stereocenters. The normalized spacial score (nSPS) is 20.0. The lowest BCUT2D eigenvalue weighted by molar-refractivity contribution is -0.131. The van der Waals surface area contributed by atoms with Gasteiger partial charge in [0.1, 0.15) is 17.0 Å². The van der Waals surface area contributed by atoms with Gasteiger partial charge in [-0.2, -0.15) is 0 Å². The quantitative estimate of drug-likeness (QED) is 0.548. The highest BCUT2D eigenvalue weighted by Crippen LogP contribution is 2.47. The first-order chi connectivity index (χ1) is 14.9. The highest BCUT2D eigenvalue weighted by atomic mass is 19.1. The summed E-state index contributed by atoms with van der Waals surface area (Å²) < 4.78 is 39.7. The number of nitrogens with one attached hydrogen (secondary N) is 2. The molecule has 0 radical (unpaired) electrons. The fourth-order valence-electron chi connectivity index (χ4n) is 3.48. The van der Waals surface area contributed by atoms with Crippen molar-refractivity contribution in [3.8, 4) is 0 Å². The van der Waals surface area contributed by atoms with Crippen LogP contribution in [0.5, 0.6) is 0 Å². The van der Waals surface area contributed by atoms with Crippen LogP contribution < -0.4 is 16.1 Å². The van der Waals surface area contributed by atoms with Crippen molar-refractivity contribution >= 4 is 35.8 Å². The van der Waals surface area contributed by atoms with Gasteiger partial charge in [-0.25, -0.2) is 8.78 Å². The summed E-state index contributed by atoms with van der Waals surface area (Å²) in [5.74, 6) is -1.99. The van der Waals surface area contributed by atoms with E-state index in [4.69, 9.17) is 9.31 Å². The first kappa shape index (κ1) is 22.4. The number of benzene rings is 2. The largest absolute Gasteiger partial charge is 0.497 e. The van der Waals surface area contributed by atoms with Crippen molar-refractivity contribution < 1.29 is 27.7 Å². The Morgan fingerprint density at radius 2 is 1.34 bits per heavy atom. The molecule has 2 aromatic carbocycles. The van der Waals surface area contributed by atoms with Gasteiger partial charge in [0.15, 0.2) is 0 Å². The minimum atomic E-state index is -1.23. The van der Waals surface area contributed by atoms with E-state index in [2.05, 4.69) is 10.6 Å². The van der Waals surface area contributed by atoms with Crippen LogP contribution in [0.4, 0.5) is 20.2 Å². The topological polar surface area (TPSA) is 76.7 Å². The Bertz CT molecular complexity index is 1050. The van der Waals surface area contributed by atoms with Gasteiger partial charge in [-0.1, -0.05) is 6.07 Å². The number of hydrogen-bond donors (Lipinski definition) is 2. The van der Waals surface area contributed by atoms with Crippen LogP contribution in [0.3, 0.4) is 0 Å². The van der Waals surface area contributed by atoms with E-state index >= 15 is 0 Å². The summed E-state index contributed by atoms with van der Waals surface area (Å²) in [6, 6.07) is 9.53. The highest BCUT2D eigenvalue weighted by molar-refractivity contribution is 6.62. The zero-order valence-electron chi connectivity index (χ0n) is 18.4. The summed E-state index contributed by atoms with van der Waals surface area (Å²) in [6.07, 6.45) is 0.751. The molecule has 1 aliphatic carbocycles. The van der Waals surface area contributed by atoms with Crippen molar-refractivity contribution in [1.29, 1.82) is 0 Å². The first-order valence-electron chi connectivity index (χ1n) is 10.5. The second-order valence-electron chi connectivity index (χ2n) is 9.32. The zero-order valence-corrected chi connectivity index (χ0v) is 18.4. The molecule has 9 heteroatoms. The van der Waals surface area contributed by atoms with Gasteiger partial charge in [0.25, 0.3) is 0 Å². The van der Waals surface area contributed by atoms with Gasteiger partial charge in [0.05, 0.1) is 11.2 Å². The third-order valence-corrected chi connectivity index (χ3v) is 6.49. The van der Waals surface area contributed by atoms with Crippen LogP contribution >= 0.6 is 0 Å². The summed E-state index contributed by atoms with van der Waals surface area (Å²) in [6.45, 7) is 7.52. The number of halogens is 2. The van der Waals surface area contributed by atoms with Crippen molar-refractivity contribution in [3.05, 3.63) is 54.1 Å². The molecule has 1 saturated carbocycles. The Hall–Kier alpha value is -2.78. The molecule has 2 fully saturated rings. The lowest BCUT2D eigenvalue weighted by Crippen LogP contribution is -2.41. The molecule has 32 heavy (non-hydrogen) atoms. The average molecular weight is 442 g/mol. The van der Waals surface area contributed by atoms with E-state index in [1.54, 1.807) is 6.07 Å². The molecule has 2 amide bonds. The summed E-state index contributed by atoms with van der Waals surface area (Å²) in [4.78, 5) is 25.5. The van der Waals surface area contributed by atoms with E-state index in [-0.39, 0.29) is 11.2 Å². The molecule has 0 aromatic heterocycles. The zero-order chi connectivity index (χ0) is 23.3. The van der Waals surface area contributed by atoms with Crippen LogP contribution in [-0.2, 0) is 18.9 Å². The van der Waals surface area contributed by atoms with Gasteiger partial charge < -0.3 is 19.9 Å². The monoisotopic (exact) mass is 442 g/mol. The van der Waals surface area contributed by atoms with E-state index in [1.165, 1.54) is 36.4 Å². The van der Waals surface area contributed by atoms with Crippen LogP contribution in [-0.4, -0.2) is 30.1 Å². The maximum Gasteiger partial charge on any atom is 0.497 e. The molecule has 1 aliphatic heterocycles. The number of carbonyl (C=O) groups excluding carboxylic acids is 2. The molecule has 2 aromatic rings. The lowest BCUT2D eigenvalue weighted by atomic mass is 9.78. The highest BCUT2D eigenvalue weighted by Gasteiger charge is 2.57. The summed E-state index contributed by atoms with van der Waals surface area (Å²) >= 11 is 0. The van der Waals surface area contributed by atoms with Crippen molar-refractivity contribution in [2.75, 3.05) is 10.6 Å². The molecule has 4 rings (SSSR count). The van der Waals surface area contributed by atoms with Crippen LogP contribution in [0.25, 0.3) is 0 Å². The first-order valence-corrected chi connectivity index (χ1v) is 10.5. The van der Waals surface area contributed by atoms with Crippen molar-refractivity contribution in [2.45, 2.75) is 51.7 Å². The summed E-state index contributed by atoms with van der Waals surface area (Å²) in [7, 11) is -0.860. The van der Waals surface area contributed by atoms with Gasteiger partial charge >= 0.3 is 7.12 Å². The second-order valence-corrected chi connectivity index (χ2v) is 9.32. The molecule has 0 bridgehead atoms. The minimum absolute atomic E-state index is 0.230. The molecule has 1 saturated heterocycles. The van der Waals surface area contributed by atoms with Crippen molar-refractivity contribution in [1.82, 2.24) is 0 Å². The Morgan fingerprint density at radius 1 is 0.844 bits per heavy atom. The fraction of sp³-hybridized carbons (Fsp3) is 0.391. The predicted molar refractivity (Wildman–Crippen MR) is 117 cm³/mol. The minimum Gasteiger partial charge on any atom is -0.399 e. The van der Waals surface area contributed by atoms with Crippen LogP contribution in [0, 0.1) is 17.0 Å². The lowest BCUT2D eigenvalue weighted by Gasteiger charge is -2.32. The smallest absolute Gasteiger partial charge is 0.399 e. The average Bonchev–Trinajstić information content (AvgIpc) is 3.47. The molecule has 1 heterocycles. The van der Waals surface area contributed by atoms with E-state index in [0.29, 0.717) is 18.5 Å². The molecule has 2 aliphatic rings. The van der Waals surface area contributed by atoms with Crippen molar-refractivity contribution in [2.24, 2.45) is 5.41 Å². The number of amides is 2. The van der Waals surface area contributed by atoms with Crippen LogP contribution in [0.15, 0.2) is 42.5 Å². The predicted octanol–water partition coefficient (Wildman–Crippen LogP) is 3.62. The Labute approximate surface area is 185 Å². The number of rotatable bonds is 5. The molecule has 6 nitrogen and oxygen atoms in total. The number of hydrogen-bond acceptors (Lipinski definition) is 4. The summed E-state index contributed by atoms with van der Waals surface area (Å²) in [5, 5.41) is 5.27. The van der Waals surface area contributed by atoms with Gasteiger partial charge in [0.2, 0.25) is 11.8 Å². The fourth-order valence-corrected chi connectivity index (χ4v) is 3.48. The Balaban J connectivity index is 1.44.